The van der Waals surface area contributed by atoms with Crippen LogP contribution in [0.2, 0.25) is 0 Å². The molecule has 0 spiro atoms. The zero-order valence-electron chi connectivity index (χ0n) is 14.0. The first kappa shape index (κ1) is 25.2. The molecule has 2 aromatic carbocycles. The van der Waals surface area contributed by atoms with Crippen LogP contribution in [0.1, 0.15) is 20.7 Å². The molecule has 16 heteroatoms. The van der Waals surface area contributed by atoms with Crippen molar-refractivity contribution in [1.29, 1.82) is 0 Å². The van der Waals surface area contributed by atoms with Gasteiger partial charge in [0.15, 0.2) is 34.9 Å². The predicted molar refractivity (Wildman–Crippen MR) is 70.6 cm³/mol. The molecule has 0 saturated heterocycles. The van der Waals surface area contributed by atoms with Crippen molar-refractivity contribution >= 4 is 17.6 Å². The number of nitrogens with zero attached hydrogens (tertiary/aromatic N) is 3. The average molecular weight is 449 g/mol. The van der Waals surface area contributed by atoms with Crippen LogP contribution in [-0.2, 0) is 0 Å². The first-order valence-corrected chi connectivity index (χ1v) is 6.66. The van der Waals surface area contributed by atoms with Gasteiger partial charge in [-0.25, -0.2) is 31.1 Å². The van der Waals surface area contributed by atoms with Crippen molar-refractivity contribution in [3.8, 4) is 5.75 Å². The fraction of sp³-hybridized carbons (Fsp3) is 0. The van der Waals surface area contributed by atoms with Gasteiger partial charge < -0.3 is 14.6 Å². The Bertz CT molecular complexity index is 1080. The maximum absolute atomic E-state index is 13.8. The largest absolute Gasteiger partial charge is 1.00 e. The fourth-order valence-electron chi connectivity index (χ4n) is 1.96. The standard InChI is InChI=1S/C14HF8N3O4.Na/c15-3-1(13(26)27)4(16)10(22)12(9(3)21)29-14(28)2-5(17)7(19)11(24-25-23)8(20)6(2)18;/h(H,26,27);/q;+1/p-1. The molecule has 0 bridgehead atoms. The molecule has 0 radical (unpaired) electrons. The quantitative estimate of drug-likeness (QED) is 0.0978. The molecule has 0 N–H and O–H groups in total. The van der Waals surface area contributed by atoms with Gasteiger partial charge >= 0.3 is 35.5 Å². The van der Waals surface area contributed by atoms with E-state index in [4.69, 9.17) is 5.53 Å². The second-order valence-electron chi connectivity index (χ2n) is 4.81. The first-order chi connectivity index (χ1) is 13.4. The molecule has 2 aromatic rings. The second kappa shape index (κ2) is 9.30. The van der Waals surface area contributed by atoms with Crippen LogP contribution in [-0.4, -0.2) is 11.9 Å². The van der Waals surface area contributed by atoms with Gasteiger partial charge in [0, 0.05) is 4.91 Å². The van der Waals surface area contributed by atoms with Gasteiger partial charge in [0.2, 0.25) is 17.4 Å². The summed E-state index contributed by atoms with van der Waals surface area (Å²) in [6.07, 6.45) is 0. The predicted octanol–water partition coefficient (Wildman–Crippen LogP) is 0.328. The van der Waals surface area contributed by atoms with Gasteiger partial charge in [0.1, 0.15) is 11.3 Å². The van der Waals surface area contributed by atoms with E-state index in [1.807, 2.05) is 4.91 Å². The van der Waals surface area contributed by atoms with Gasteiger partial charge in [0.25, 0.3) is 0 Å². The van der Waals surface area contributed by atoms with Gasteiger partial charge in [-0.15, -0.1) is 0 Å². The minimum atomic E-state index is -2.70. The van der Waals surface area contributed by atoms with Gasteiger partial charge in [-0.1, -0.05) is 5.11 Å². The molecule has 152 valence electrons. The van der Waals surface area contributed by atoms with Crippen molar-refractivity contribution in [3.05, 3.63) is 68.1 Å². The van der Waals surface area contributed by atoms with Gasteiger partial charge in [0.05, 0.1) is 11.5 Å². The van der Waals surface area contributed by atoms with E-state index in [1.54, 1.807) is 0 Å². The molecule has 0 amide bonds. The number of esters is 1. The molecule has 30 heavy (non-hydrogen) atoms. The maximum Gasteiger partial charge on any atom is 1.00 e. The monoisotopic (exact) mass is 449 g/mol. The molecule has 0 aliphatic carbocycles. The van der Waals surface area contributed by atoms with Crippen molar-refractivity contribution in [3.63, 3.8) is 0 Å². The Morgan fingerprint density at radius 3 is 1.53 bits per heavy atom. The number of carboxylic acids is 1. The van der Waals surface area contributed by atoms with Crippen molar-refractivity contribution in [2.75, 3.05) is 0 Å². The Kier molecular flexibility index (Phi) is 7.80. The van der Waals surface area contributed by atoms with Crippen LogP contribution in [0.25, 0.3) is 10.4 Å². The summed E-state index contributed by atoms with van der Waals surface area (Å²) in [6.45, 7) is 0. The number of ether oxygens (including phenoxy) is 1. The molecule has 0 aromatic heterocycles. The third kappa shape index (κ3) is 4.05. The Hall–Kier alpha value is -2.87. The number of rotatable bonds is 4. The number of halogens is 8. The Labute approximate surface area is 180 Å². The second-order valence-corrected chi connectivity index (χ2v) is 4.81. The maximum atomic E-state index is 13.8. The Morgan fingerprint density at radius 2 is 1.17 bits per heavy atom. The summed E-state index contributed by atoms with van der Waals surface area (Å²) in [4.78, 5) is 24.1. The number of benzene rings is 2. The molecule has 0 aliphatic rings. The third-order valence-electron chi connectivity index (χ3n) is 3.21. The van der Waals surface area contributed by atoms with E-state index in [2.05, 4.69) is 9.85 Å². The van der Waals surface area contributed by atoms with E-state index < -0.39 is 81.0 Å². The number of carbonyl (C=O) groups excluding carboxylic acids is 2. The number of hydrogen-bond acceptors (Lipinski definition) is 5. The summed E-state index contributed by atoms with van der Waals surface area (Å²) in [5.74, 6) is -28.0. The summed E-state index contributed by atoms with van der Waals surface area (Å²) < 4.78 is 113. The molecule has 0 unspecified atom stereocenters. The summed E-state index contributed by atoms with van der Waals surface area (Å²) in [5.41, 5.74) is 1.77. The summed E-state index contributed by atoms with van der Waals surface area (Å²) in [6, 6.07) is 0. The van der Waals surface area contributed by atoms with Crippen LogP contribution >= 0.6 is 0 Å². The zero-order chi connectivity index (χ0) is 22.2. The fourth-order valence-corrected chi connectivity index (χ4v) is 1.96. The third-order valence-corrected chi connectivity index (χ3v) is 3.21. The van der Waals surface area contributed by atoms with Crippen molar-refractivity contribution in [1.82, 2.24) is 0 Å². The summed E-state index contributed by atoms with van der Waals surface area (Å²) >= 11 is 0. The first-order valence-electron chi connectivity index (χ1n) is 6.66. The summed E-state index contributed by atoms with van der Waals surface area (Å²) in [5, 5.41) is 12.8. The molecule has 0 saturated carbocycles. The average Bonchev–Trinajstić information content (AvgIpc) is 2.65. The molecule has 0 heterocycles. The minimum Gasteiger partial charge on any atom is -0.545 e. The minimum absolute atomic E-state index is 0. The van der Waals surface area contributed by atoms with E-state index in [0.29, 0.717) is 0 Å². The Balaban J connectivity index is 0.00000450. The van der Waals surface area contributed by atoms with E-state index in [0.717, 1.165) is 0 Å². The van der Waals surface area contributed by atoms with Gasteiger partial charge in [-0.2, -0.15) is 8.78 Å². The van der Waals surface area contributed by atoms with Crippen LogP contribution in [0.3, 0.4) is 0 Å². The van der Waals surface area contributed by atoms with E-state index in [1.165, 1.54) is 0 Å². The zero-order valence-corrected chi connectivity index (χ0v) is 16.0. The smallest absolute Gasteiger partial charge is 0.545 e. The number of hydrogen-bond donors (Lipinski definition) is 0. The Morgan fingerprint density at radius 1 is 0.767 bits per heavy atom. The van der Waals surface area contributed by atoms with Crippen LogP contribution in [0.15, 0.2) is 5.11 Å². The van der Waals surface area contributed by atoms with Gasteiger partial charge in [-0.05, 0) is 5.53 Å². The van der Waals surface area contributed by atoms with E-state index in [9.17, 15) is 49.8 Å². The van der Waals surface area contributed by atoms with Gasteiger partial charge in [-0.3, -0.25) is 0 Å². The van der Waals surface area contributed by atoms with Crippen molar-refractivity contribution < 1.29 is 84.1 Å². The summed E-state index contributed by atoms with van der Waals surface area (Å²) in [7, 11) is 0. The van der Waals surface area contributed by atoms with Crippen LogP contribution in [0.5, 0.6) is 5.75 Å². The number of carbonyl (C=O) groups is 2. The SMILES string of the molecule is [N-]=[N+]=Nc1c(F)c(F)c(C(=O)Oc2c(F)c(F)c(C(=O)[O-])c(F)c2F)c(F)c1F.[Na+]. The molecule has 2 rings (SSSR count). The molecule has 7 nitrogen and oxygen atoms in total. The molecule has 0 atom stereocenters. The number of aromatic carboxylic acids is 1. The van der Waals surface area contributed by atoms with Crippen molar-refractivity contribution in [2.24, 2.45) is 5.11 Å². The molecular weight excluding hydrogens is 449 g/mol. The molecular formula is C14F8N3NaO4. The number of carboxylic acid groups (broad SMARTS) is 1. The van der Waals surface area contributed by atoms with Crippen LogP contribution < -0.4 is 39.4 Å². The van der Waals surface area contributed by atoms with E-state index >= 15 is 0 Å². The van der Waals surface area contributed by atoms with Crippen LogP contribution in [0.4, 0.5) is 40.8 Å². The molecule has 0 fully saturated rings. The number of azide groups is 1. The molecule has 0 aliphatic heterocycles. The van der Waals surface area contributed by atoms with E-state index in [-0.39, 0.29) is 29.6 Å². The normalized spacial score (nSPS) is 10.1. The van der Waals surface area contributed by atoms with Crippen molar-refractivity contribution in [2.45, 2.75) is 0 Å². The topological polar surface area (TPSA) is 115 Å². The van der Waals surface area contributed by atoms with Crippen LogP contribution in [0, 0.1) is 46.5 Å².